The van der Waals surface area contributed by atoms with Crippen LogP contribution in [-0.4, -0.2) is 85.7 Å². The summed E-state index contributed by atoms with van der Waals surface area (Å²) in [7, 11) is 0. The molecule has 0 bridgehead atoms. The van der Waals surface area contributed by atoms with E-state index in [1.54, 1.807) is 30.3 Å². The van der Waals surface area contributed by atoms with Gasteiger partial charge in [-0.2, -0.15) is 0 Å². The van der Waals surface area contributed by atoms with E-state index < -0.39 is 66.9 Å². The largest absolute Gasteiger partial charge is 0.481 e. The fourth-order valence-electron chi connectivity index (χ4n) is 3.32. The van der Waals surface area contributed by atoms with E-state index in [0.29, 0.717) is 11.3 Å². The first kappa shape index (κ1) is 28.9. The third-order valence-electron chi connectivity index (χ3n) is 5.32. The number of H-pyrrole nitrogens is 1. The lowest BCUT2D eigenvalue weighted by Gasteiger charge is -2.25. The molecule has 14 nitrogen and oxygen atoms in total. The van der Waals surface area contributed by atoms with Crippen molar-refractivity contribution in [3.63, 3.8) is 0 Å². The molecule has 200 valence electrons. The lowest BCUT2D eigenvalue weighted by Crippen LogP contribution is -2.58. The number of hydrogen-bond donors (Lipinski definition) is 8. The third-order valence-corrected chi connectivity index (χ3v) is 5.32. The van der Waals surface area contributed by atoms with E-state index in [1.165, 1.54) is 12.5 Å². The number of aliphatic hydroxyl groups is 1. The maximum atomic E-state index is 13.1. The monoisotopic (exact) mass is 518 g/mol. The van der Waals surface area contributed by atoms with Crippen molar-refractivity contribution in [2.45, 2.75) is 49.9 Å². The fourth-order valence-corrected chi connectivity index (χ4v) is 3.32. The highest BCUT2D eigenvalue weighted by Crippen LogP contribution is 2.07. The van der Waals surface area contributed by atoms with Gasteiger partial charge in [-0.3, -0.25) is 19.2 Å². The summed E-state index contributed by atoms with van der Waals surface area (Å²) in [5, 5.41) is 34.9. The topological polar surface area (TPSA) is 237 Å². The van der Waals surface area contributed by atoms with Crippen LogP contribution in [0.4, 0.5) is 0 Å². The predicted molar refractivity (Wildman–Crippen MR) is 128 cm³/mol. The Kier molecular flexibility index (Phi) is 11.2. The molecule has 0 aliphatic carbocycles. The summed E-state index contributed by atoms with van der Waals surface area (Å²) < 4.78 is 0. The number of aliphatic hydroxyl groups excluding tert-OH is 1. The van der Waals surface area contributed by atoms with Crippen molar-refractivity contribution in [3.8, 4) is 0 Å². The van der Waals surface area contributed by atoms with Crippen molar-refractivity contribution < 1.29 is 39.3 Å². The molecule has 0 saturated carbocycles. The van der Waals surface area contributed by atoms with E-state index in [-0.39, 0.29) is 19.3 Å². The van der Waals surface area contributed by atoms with Crippen LogP contribution in [0.3, 0.4) is 0 Å². The summed E-state index contributed by atoms with van der Waals surface area (Å²) in [5.41, 5.74) is 6.59. The number of nitrogens with two attached hydrogens (primary N) is 1. The van der Waals surface area contributed by atoms with Gasteiger partial charge < -0.3 is 42.0 Å². The first-order chi connectivity index (χ1) is 17.6. The maximum absolute atomic E-state index is 13.1. The van der Waals surface area contributed by atoms with Gasteiger partial charge in [0.25, 0.3) is 0 Å². The molecular formula is C23H30N6O8. The average molecular weight is 519 g/mol. The number of aromatic amines is 1. The van der Waals surface area contributed by atoms with Gasteiger partial charge >= 0.3 is 11.9 Å². The number of nitrogens with zero attached hydrogens (tertiary/aromatic N) is 1. The number of amides is 3. The molecule has 4 atom stereocenters. The van der Waals surface area contributed by atoms with Gasteiger partial charge in [-0.05, 0) is 12.0 Å². The van der Waals surface area contributed by atoms with Crippen LogP contribution in [-0.2, 0) is 36.8 Å². The molecule has 14 heteroatoms. The number of aromatic nitrogens is 2. The van der Waals surface area contributed by atoms with Gasteiger partial charge in [0, 0.05) is 31.2 Å². The third kappa shape index (κ3) is 9.70. The highest BCUT2D eigenvalue weighted by atomic mass is 16.4. The van der Waals surface area contributed by atoms with Crippen LogP contribution < -0.4 is 21.7 Å². The average Bonchev–Trinajstić information content (AvgIpc) is 3.38. The van der Waals surface area contributed by atoms with E-state index >= 15 is 0 Å². The zero-order valence-electron chi connectivity index (χ0n) is 19.8. The van der Waals surface area contributed by atoms with Crippen molar-refractivity contribution in [2.24, 2.45) is 5.73 Å². The van der Waals surface area contributed by atoms with Gasteiger partial charge in [0.05, 0.1) is 12.9 Å². The Hall–Kier alpha value is -4.30. The Morgan fingerprint density at radius 3 is 2.08 bits per heavy atom. The van der Waals surface area contributed by atoms with Crippen molar-refractivity contribution in [1.82, 2.24) is 25.9 Å². The maximum Gasteiger partial charge on any atom is 0.326 e. The van der Waals surface area contributed by atoms with Gasteiger partial charge in [0.1, 0.15) is 24.2 Å². The van der Waals surface area contributed by atoms with Crippen LogP contribution in [0.1, 0.15) is 24.1 Å². The van der Waals surface area contributed by atoms with Gasteiger partial charge in [-0.1, -0.05) is 30.3 Å². The standard InChI is InChI=1S/C23H30N6O8/c24-15(11-30)20(33)27-16(6-7-19(31)32)21(34)28-17(8-13-4-2-1-3-5-13)22(35)29-18(23(36)37)9-14-10-25-12-26-14/h1-5,10,12,15-18,30H,6-9,11,24H2,(H,25,26)(H,27,33)(H,28,34)(H,29,35)(H,31,32)(H,36,37). The Balaban J connectivity index is 2.23. The Morgan fingerprint density at radius 2 is 1.51 bits per heavy atom. The van der Waals surface area contributed by atoms with E-state index in [2.05, 4.69) is 25.9 Å². The molecule has 0 saturated heterocycles. The number of nitrogens with one attached hydrogen (secondary N) is 4. The normalized spacial score (nSPS) is 14.0. The lowest BCUT2D eigenvalue weighted by molar-refractivity contribution is -0.142. The number of hydrogen-bond acceptors (Lipinski definition) is 8. The Morgan fingerprint density at radius 1 is 0.892 bits per heavy atom. The minimum atomic E-state index is -1.38. The van der Waals surface area contributed by atoms with Gasteiger partial charge in [0.15, 0.2) is 0 Å². The van der Waals surface area contributed by atoms with E-state index in [1.807, 2.05) is 0 Å². The molecule has 1 heterocycles. The zero-order chi connectivity index (χ0) is 27.4. The molecule has 1 aromatic heterocycles. The molecule has 0 fully saturated rings. The number of carbonyl (C=O) groups excluding carboxylic acids is 3. The fraction of sp³-hybridized carbons (Fsp3) is 0.391. The molecule has 1 aromatic carbocycles. The minimum absolute atomic E-state index is 0.0233. The van der Waals surface area contributed by atoms with Gasteiger partial charge in [-0.15, -0.1) is 0 Å². The van der Waals surface area contributed by atoms with Crippen LogP contribution >= 0.6 is 0 Å². The van der Waals surface area contributed by atoms with Crippen LogP contribution in [0.25, 0.3) is 0 Å². The smallest absolute Gasteiger partial charge is 0.326 e. The molecule has 4 unspecified atom stereocenters. The molecule has 0 aliphatic heterocycles. The Labute approximate surface area is 211 Å². The number of carboxylic acid groups (broad SMARTS) is 2. The highest BCUT2D eigenvalue weighted by molar-refractivity contribution is 5.94. The van der Waals surface area contributed by atoms with Gasteiger partial charge in [-0.25, -0.2) is 9.78 Å². The number of aliphatic carboxylic acids is 2. The zero-order valence-corrected chi connectivity index (χ0v) is 19.8. The second-order valence-corrected chi connectivity index (χ2v) is 8.21. The number of rotatable bonds is 15. The molecule has 2 rings (SSSR count). The molecular weight excluding hydrogens is 488 g/mol. The van der Waals surface area contributed by atoms with Crippen LogP contribution in [0.5, 0.6) is 0 Å². The molecule has 0 radical (unpaired) electrons. The van der Waals surface area contributed by atoms with E-state index in [0.717, 1.165) is 0 Å². The number of carbonyl (C=O) groups is 5. The number of carboxylic acids is 2. The van der Waals surface area contributed by atoms with Gasteiger partial charge in [0.2, 0.25) is 17.7 Å². The second-order valence-electron chi connectivity index (χ2n) is 8.21. The van der Waals surface area contributed by atoms with Crippen molar-refractivity contribution in [1.29, 1.82) is 0 Å². The molecule has 2 aromatic rings. The number of benzene rings is 1. The van der Waals surface area contributed by atoms with Crippen LogP contribution in [0.2, 0.25) is 0 Å². The summed E-state index contributed by atoms with van der Waals surface area (Å²) in [4.78, 5) is 67.7. The van der Waals surface area contributed by atoms with E-state index in [9.17, 15) is 29.1 Å². The summed E-state index contributed by atoms with van der Waals surface area (Å²) in [6, 6.07) is 3.26. The lowest BCUT2D eigenvalue weighted by atomic mass is 10.0. The van der Waals surface area contributed by atoms with Crippen LogP contribution in [0, 0.1) is 0 Å². The van der Waals surface area contributed by atoms with Crippen molar-refractivity contribution in [3.05, 3.63) is 54.1 Å². The second kappa shape index (κ2) is 14.3. The molecule has 3 amide bonds. The predicted octanol–water partition coefficient (Wildman–Crippen LogP) is -2.08. The SMILES string of the molecule is NC(CO)C(=O)NC(CCC(=O)O)C(=O)NC(Cc1ccccc1)C(=O)NC(Cc1cnc[nH]1)C(=O)O. The highest BCUT2D eigenvalue weighted by Gasteiger charge is 2.31. The first-order valence-electron chi connectivity index (χ1n) is 11.3. The minimum Gasteiger partial charge on any atom is -0.481 e. The summed E-state index contributed by atoms with van der Waals surface area (Å²) >= 11 is 0. The van der Waals surface area contributed by atoms with Crippen LogP contribution in [0.15, 0.2) is 42.9 Å². The Bertz CT molecular complexity index is 1060. The molecule has 37 heavy (non-hydrogen) atoms. The molecule has 0 aliphatic rings. The molecule has 0 spiro atoms. The molecule has 9 N–H and O–H groups in total. The first-order valence-corrected chi connectivity index (χ1v) is 11.3. The summed E-state index contributed by atoms with van der Waals surface area (Å²) in [6.07, 6.45) is 1.87. The van der Waals surface area contributed by atoms with Crippen molar-refractivity contribution >= 4 is 29.7 Å². The quantitative estimate of drug-likeness (QED) is 0.128. The van der Waals surface area contributed by atoms with Crippen molar-refractivity contribution in [2.75, 3.05) is 6.61 Å². The van der Waals surface area contributed by atoms with E-state index in [4.69, 9.17) is 15.9 Å². The summed E-state index contributed by atoms with van der Waals surface area (Å²) in [5.74, 6) is -5.10. The summed E-state index contributed by atoms with van der Waals surface area (Å²) in [6.45, 7) is -0.703. The number of imidazole rings is 1.